The number of halogens is 1. The van der Waals surface area contributed by atoms with Crippen molar-refractivity contribution in [3.05, 3.63) is 58.7 Å². The standard InChI is InChI=1S/C16H13FN4O2S3/c17-12-4-1-3-11(9-12)15-19-16-21(20-15)13(10-25-16)6-7-18-26(22,23)14-5-2-8-24-14/h1-5,8-10,18H,6-7H2. The molecule has 0 bridgehead atoms. The molecule has 10 heteroatoms. The van der Waals surface area contributed by atoms with Crippen molar-refractivity contribution in [3.8, 4) is 11.4 Å². The van der Waals surface area contributed by atoms with Crippen molar-refractivity contribution in [2.24, 2.45) is 0 Å². The van der Waals surface area contributed by atoms with Gasteiger partial charge in [0, 0.05) is 23.9 Å². The third kappa shape index (κ3) is 3.40. The molecule has 1 N–H and O–H groups in total. The van der Waals surface area contributed by atoms with E-state index in [0.29, 0.717) is 27.0 Å². The largest absolute Gasteiger partial charge is 0.250 e. The van der Waals surface area contributed by atoms with E-state index in [-0.39, 0.29) is 12.4 Å². The van der Waals surface area contributed by atoms with E-state index in [1.54, 1.807) is 34.2 Å². The zero-order valence-corrected chi connectivity index (χ0v) is 15.7. The van der Waals surface area contributed by atoms with Crippen LogP contribution in [0.3, 0.4) is 0 Å². The van der Waals surface area contributed by atoms with E-state index >= 15 is 0 Å². The van der Waals surface area contributed by atoms with E-state index in [4.69, 9.17) is 0 Å². The maximum absolute atomic E-state index is 13.4. The molecule has 1 aromatic carbocycles. The minimum absolute atomic E-state index is 0.251. The number of nitrogens with one attached hydrogen (secondary N) is 1. The summed E-state index contributed by atoms with van der Waals surface area (Å²) in [5.41, 5.74) is 1.44. The highest BCUT2D eigenvalue weighted by Crippen LogP contribution is 2.22. The summed E-state index contributed by atoms with van der Waals surface area (Å²) in [6, 6.07) is 9.38. The maximum atomic E-state index is 13.4. The van der Waals surface area contributed by atoms with Gasteiger partial charge in [0.25, 0.3) is 0 Å². The van der Waals surface area contributed by atoms with Crippen LogP contribution in [0.5, 0.6) is 0 Å². The number of hydrogen-bond donors (Lipinski definition) is 1. The molecule has 3 heterocycles. The molecule has 0 spiro atoms. The van der Waals surface area contributed by atoms with Gasteiger partial charge < -0.3 is 0 Å². The molecule has 0 aliphatic carbocycles. The van der Waals surface area contributed by atoms with Crippen LogP contribution in [-0.4, -0.2) is 29.6 Å². The number of thiophene rings is 1. The van der Waals surface area contributed by atoms with E-state index in [2.05, 4.69) is 14.8 Å². The molecule has 0 amide bonds. The number of nitrogens with zero attached hydrogens (tertiary/aromatic N) is 3. The van der Waals surface area contributed by atoms with Gasteiger partial charge in [-0.25, -0.2) is 22.0 Å². The molecular weight excluding hydrogens is 395 g/mol. The third-order valence-corrected chi connectivity index (χ3v) is 7.39. The van der Waals surface area contributed by atoms with Gasteiger partial charge >= 0.3 is 0 Å². The van der Waals surface area contributed by atoms with Crippen molar-refractivity contribution in [2.45, 2.75) is 10.6 Å². The van der Waals surface area contributed by atoms with Crippen LogP contribution in [0, 0.1) is 5.82 Å². The highest BCUT2D eigenvalue weighted by Gasteiger charge is 2.16. The van der Waals surface area contributed by atoms with Gasteiger partial charge in [-0.05, 0) is 23.6 Å². The lowest BCUT2D eigenvalue weighted by molar-refractivity contribution is 0.583. The number of rotatable bonds is 6. The van der Waals surface area contributed by atoms with Crippen LogP contribution in [0.15, 0.2) is 51.4 Å². The van der Waals surface area contributed by atoms with Gasteiger partial charge in [0.2, 0.25) is 15.0 Å². The fourth-order valence-corrected chi connectivity index (χ4v) is 5.37. The smallest absolute Gasteiger partial charge is 0.210 e. The zero-order chi connectivity index (χ0) is 18.1. The molecule has 0 fully saturated rings. The number of fused-ring (bicyclic) bond motifs is 1. The Kier molecular flexibility index (Phi) is 4.57. The first-order chi connectivity index (χ1) is 12.5. The summed E-state index contributed by atoms with van der Waals surface area (Å²) >= 11 is 2.59. The summed E-state index contributed by atoms with van der Waals surface area (Å²) in [4.78, 5) is 5.09. The Hall–Kier alpha value is -2.14. The minimum atomic E-state index is -3.48. The Morgan fingerprint density at radius 1 is 1.19 bits per heavy atom. The molecule has 3 aromatic heterocycles. The van der Waals surface area contributed by atoms with Gasteiger partial charge in [-0.2, -0.15) is 4.98 Å². The summed E-state index contributed by atoms with van der Waals surface area (Å²) in [5.74, 6) is 0.0978. The van der Waals surface area contributed by atoms with Crippen molar-refractivity contribution in [2.75, 3.05) is 6.54 Å². The second kappa shape index (κ2) is 6.88. The lowest BCUT2D eigenvalue weighted by Gasteiger charge is -2.03. The van der Waals surface area contributed by atoms with Crippen molar-refractivity contribution < 1.29 is 12.8 Å². The fourth-order valence-electron chi connectivity index (χ4n) is 2.45. The first-order valence-corrected chi connectivity index (χ1v) is 10.9. The summed E-state index contributed by atoms with van der Waals surface area (Å²) in [5, 5.41) is 8.04. The highest BCUT2D eigenvalue weighted by atomic mass is 32.2. The zero-order valence-electron chi connectivity index (χ0n) is 13.3. The minimum Gasteiger partial charge on any atom is -0.210 e. The Balaban J connectivity index is 1.51. The first-order valence-electron chi connectivity index (χ1n) is 7.65. The molecule has 0 radical (unpaired) electrons. The average molecular weight is 409 g/mol. The summed E-state index contributed by atoms with van der Waals surface area (Å²) < 4.78 is 42.2. The quantitative estimate of drug-likeness (QED) is 0.532. The molecule has 4 rings (SSSR count). The number of benzene rings is 1. The maximum Gasteiger partial charge on any atom is 0.250 e. The average Bonchev–Trinajstić information content (AvgIpc) is 3.33. The molecule has 4 aromatic rings. The molecule has 0 atom stereocenters. The van der Waals surface area contributed by atoms with Gasteiger partial charge in [0.15, 0.2) is 5.82 Å². The molecule has 0 aliphatic rings. The van der Waals surface area contributed by atoms with Gasteiger partial charge in [0.05, 0.1) is 5.69 Å². The highest BCUT2D eigenvalue weighted by molar-refractivity contribution is 7.91. The van der Waals surface area contributed by atoms with E-state index < -0.39 is 10.0 Å². The molecule has 0 unspecified atom stereocenters. The molecule has 0 saturated carbocycles. The van der Waals surface area contributed by atoms with E-state index in [1.165, 1.54) is 34.8 Å². The molecule has 0 aliphatic heterocycles. The molecular formula is C16H13FN4O2S3. The number of thiazole rings is 1. The number of hydrogen-bond acceptors (Lipinski definition) is 6. The molecule has 26 heavy (non-hydrogen) atoms. The van der Waals surface area contributed by atoms with E-state index in [9.17, 15) is 12.8 Å². The Bertz CT molecular complexity index is 1150. The van der Waals surface area contributed by atoms with Gasteiger partial charge in [-0.15, -0.1) is 27.8 Å². The van der Waals surface area contributed by atoms with Crippen LogP contribution in [0.2, 0.25) is 0 Å². The van der Waals surface area contributed by atoms with Crippen molar-refractivity contribution in [3.63, 3.8) is 0 Å². The Morgan fingerprint density at radius 3 is 2.85 bits per heavy atom. The molecule has 6 nitrogen and oxygen atoms in total. The number of sulfonamides is 1. The Morgan fingerprint density at radius 2 is 2.08 bits per heavy atom. The predicted molar refractivity (Wildman–Crippen MR) is 99.5 cm³/mol. The van der Waals surface area contributed by atoms with Crippen LogP contribution in [-0.2, 0) is 16.4 Å². The van der Waals surface area contributed by atoms with Crippen LogP contribution in [0.4, 0.5) is 4.39 Å². The van der Waals surface area contributed by atoms with Gasteiger partial charge in [-0.3, -0.25) is 0 Å². The van der Waals surface area contributed by atoms with Crippen molar-refractivity contribution in [1.82, 2.24) is 19.3 Å². The van der Waals surface area contributed by atoms with E-state index in [1.807, 2.05) is 5.38 Å². The SMILES string of the molecule is O=S(=O)(NCCc1csc2nc(-c3cccc(F)c3)nn12)c1cccs1. The van der Waals surface area contributed by atoms with Crippen LogP contribution >= 0.6 is 22.7 Å². The van der Waals surface area contributed by atoms with Crippen molar-refractivity contribution >= 4 is 37.7 Å². The monoisotopic (exact) mass is 408 g/mol. The Labute approximate surface area is 157 Å². The summed E-state index contributed by atoms with van der Waals surface area (Å²) in [7, 11) is -3.48. The lowest BCUT2D eigenvalue weighted by atomic mass is 10.2. The van der Waals surface area contributed by atoms with Crippen molar-refractivity contribution in [1.29, 1.82) is 0 Å². The van der Waals surface area contributed by atoms with E-state index in [0.717, 1.165) is 5.69 Å². The normalized spacial score (nSPS) is 12.0. The number of aromatic nitrogens is 3. The van der Waals surface area contributed by atoms with Gasteiger partial charge in [-0.1, -0.05) is 18.2 Å². The summed E-state index contributed by atoms with van der Waals surface area (Å²) in [6.45, 7) is 0.251. The van der Waals surface area contributed by atoms with Crippen LogP contribution in [0.25, 0.3) is 16.3 Å². The van der Waals surface area contributed by atoms with Crippen LogP contribution < -0.4 is 4.72 Å². The topological polar surface area (TPSA) is 76.4 Å². The molecule has 0 saturated heterocycles. The second-order valence-corrected chi connectivity index (χ2v) is 9.23. The second-order valence-electron chi connectivity index (χ2n) is 5.45. The van der Waals surface area contributed by atoms with Crippen LogP contribution in [0.1, 0.15) is 5.69 Å². The van der Waals surface area contributed by atoms with Gasteiger partial charge in [0.1, 0.15) is 10.0 Å². The first kappa shape index (κ1) is 17.3. The fraction of sp³-hybridized carbons (Fsp3) is 0.125. The molecule has 134 valence electrons. The predicted octanol–water partition coefficient (Wildman–Crippen LogP) is 3.18. The lowest BCUT2D eigenvalue weighted by Crippen LogP contribution is -2.25. The summed E-state index contributed by atoms with van der Waals surface area (Å²) in [6.07, 6.45) is 0.469. The third-order valence-electron chi connectivity index (χ3n) is 3.67.